The number of hydrogen-bond acceptors (Lipinski definition) is 0. The van der Waals surface area contributed by atoms with Crippen LogP contribution < -0.4 is 0 Å². The molecule has 4 heteroatoms. The maximum Gasteiger partial charge on any atom is 0.143 e. The number of alkyl halides is 1. The maximum absolute atomic E-state index is 13.9. The van der Waals surface area contributed by atoms with Gasteiger partial charge < -0.3 is 0 Å². The van der Waals surface area contributed by atoms with Crippen LogP contribution >= 0.6 is 31.9 Å². The molecule has 1 aliphatic carbocycles. The van der Waals surface area contributed by atoms with Crippen LogP contribution in [0, 0.1) is 23.0 Å². The summed E-state index contributed by atoms with van der Waals surface area (Å²) in [5, 5.41) is 0.774. The molecule has 1 aromatic carbocycles. The summed E-state index contributed by atoms with van der Waals surface area (Å²) in [7, 11) is 0. The van der Waals surface area contributed by atoms with Gasteiger partial charge in [0.2, 0.25) is 0 Å². The van der Waals surface area contributed by atoms with Crippen molar-refractivity contribution in [2.24, 2.45) is 11.3 Å². The van der Waals surface area contributed by atoms with Crippen LogP contribution in [-0.2, 0) is 6.42 Å². The van der Waals surface area contributed by atoms with Crippen LogP contribution in [0.15, 0.2) is 16.6 Å². The summed E-state index contributed by atoms with van der Waals surface area (Å²) in [6.07, 6.45) is 2.78. The molecule has 0 heterocycles. The van der Waals surface area contributed by atoms with E-state index in [-0.39, 0.29) is 11.0 Å². The smallest absolute Gasteiger partial charge is 0.143 e. The Bertz CT molecular complexity index is 430. The second-order valence-corrected chi connectivity index (χ2v) is 6.48. The first-order chi connectivity index (χ1) is 7.98. The molecule has 0 nitrogen and oxygen atoms in total. The van der Waals surface area contributed by atoms with Crippen LogP contribution in [0.1, 0.15) is 25.3 Å². The average molecular weight is 368 g/mol. The van der Waals surface area contributed by atoms with Crippen molar-refractivity contribution in [3.63, 3.8) is 0 Å². The highest BCUT2D eigenvalue weighted by molar-refractivity contribution is 9.10. The van der Waals surface area contributed by atoms with Gasteiger partial charge in [-0.25, -0.2) is 8.78 Å². The van der Waals surface area contributed by atoms with E-state index in [1.54, 1.807) is 0 Å². The molecule has 1 saturated carbocycles. The van der Waals surface area contributed by atoms with Crippen molar-refractivity contribution < 1.29 is 8.78 Å². The van der Waals surface area contributed by atoms with Gasteiger partial charge in [0.25, 0.3) is 0 Å². The lowest BCUT2D eigenvalue weighted by molar-refractivity contribution is 0.308. The molecule has 0 bridgehead atoms. The summed E-state index contributed by atoms with van der Waals surface area (Å²) in [5.74, 6) is -0.323. The van der Waals surface area contributed by atoms with Gasteiger partial charge in [-0.3, -0.25) is 0 Å². The first-order valence-corrected chi connectivity index (χ1v) is 7.58. The average Bonchev–Trinajstić information content (AvgIpc) is 3.14. The van der Waals surface area contributed by atoms with Crippen molar-refractivity contribution in [2.75, 3.05) is 5.33 Å². The molecule has 1 unspecified atom stereocenters. The summed E-state index contributed by atoms with van der Waals surface area (Å²) in [6.45, 7) is 2.10. The van der Waals surface area contributed by atoms with Crippen LogP contribution in [0.2, 0.25) is 0 Å². The van der Waals surface area contributed by atoms with E-state index in [0.29, 0.717) is 16.8 Å². The molecule has 0 spiro atoms. The molecule has 0 N–H and O–H groups in total. The summed E-state index contributed by atoms with van der Waals surface area (Å²) < 4.78 is 28.0. The van der Waals surface area contributed by atoms with Crippen molar-refractivity contribution in [2.45, 2.75) is 26.2 Å². The molecule has 2 rings (SSSR count). The summed E-state index contributed by atoms with van der Waals surface area (Å²) in [6, 6.07) is 2.74. The fourth-order valence-electron chi connectivity index (χ4n) is 2.22. The van der Waals surface area contributed by atoms with E-state index in [0.717, 1.165) is 5.33 Å². The van der Waals surface area contributed by atoms with E-state index >= 15 is 0 Å². The third kappa shape index (κ3) is 2.73. The molecule has 0 aliphatic heterocycles. The highest BCUT2D eigenvalue weighted by Crippen LogP contribution is 2.48. The molecule has 1 fully saturated rings. The zero-order valence-corrected chi connectivity index (χ0v) is 12.7. The lowest BCUT2D eigenvalue weighted by atomic mass is 9.81. The van der Waals surface area contributed by atoms with Gasteiger partial charge in [-0.15, -0.1) is 0 Å². The molecule has 0 radical (unpaired) electrons. The van der Waals surface area contributed by atoms with Crippen molar-refractivity contribution in [1.29, 1.82) is 0 Å². The van der Waals surface area contributed by atoms with Gasteiger partial charge in [0.15, 0.2) is 0 Å². The Kier molecular flexibility index (Phi) is 3.93. The fourth-order valence-corrected chi connectivity index (χ4v) is 3.24. The summed E-state index contributed by atoms with van der Waals surface area (Å²) in [4.78, 5) is 0. The number of rotatable bonds is 4. The van der Waals surface area contributed by atoms with Crippen LogP contribution in [-0.4, -0.2) is 5.33 Å². The Morgan fingerprint density at radius 2 is 2.00 bits per heavy atom. The second-order valence-electron chi connectivity index (χ2n) is 5.06. The second kappa shape index (κ2) is 4.96. The quantitative estimate of drug-likeness (QED) is 0.514. The van der Waals surface area contributed by atoms with E-state index in [1.807, 2.05) is 0 Å². The molecular weight excluding hydrogens is 354 g/mol. The monoisotopic (exact) mass is 366 g/mol. The van der Waals surface area contributed by atoms with Crippen LogP contribution in [0.3, 0.4) is 0 Å². The summed E-state index contributed by atoms with van der Waals surface area (Å²) >= 11 is 6.59. The molecule has 1 aliphatic rings. The Balaban J connectivity index is 2.31. The third-order valence-corrected chi connectivity index (χ3v) is 5.48. The first kappa shape index (κ1) is 13.5. The van der Waals surface area contributed by atoms with E-state index < -0.39 is 11.6 Å². The molecule has 0 aromatic heterocycles. The van der Waals surface area contributed by atoms with Crippen LogP contribution in [0.4, 0.5) is 8.78 Å². The van der Waals surface area contributed by atoms with E-state index in [9.17, 15) is 8.78 Å². The lowest BCUT2D eigenvalue weighted by Crippen LogP contribution is -2.25. The summed E-state index contributed by atoms with van der Waals surface area (Å²) in [5.41, 5.74) is 0.149. The van der Waals surface area contributed by atoms with Gasteiger partial charge in [-0.1, -0.05) is 22.9 Å². The van der Waals surface area contributed by atoms with E-state index in [1.165, 1.54) is 25.0 Å². The molecule has 94 valence electrons. The largest absolute Gasteiger partial charge is 0.207 e. The zero-order valence-electron chi connectivity index (χ0n) is 9.57. The Morgan fingerprint density at radius 1 is 1.35 bits per heavy atom. The third-order valence-electron chi connectivity index (χ3n) is 3.59. The van der Waals surface area contributed by atoms with Crippen molar-refractivity contribution >= 4 is 31.9 Å². The topological polar surface area (TPSA) is 0 Å². The number of hydrogen-bond donors (Lipinski definition) is 0. The highest BCUT2D eigenvalue weighted by atomic mass is 79.9. The molecule has 1 atom stereocenters. The Morgan fingerprint density at radius 3 is 2.53 bits per heavy atom. The number of halogens is 4. The fraction of sp³-hybridized carbons (Fsp3) is 0.538. The highest BCUT2D eigenvalue weighted by Gasteiger charge is 2.41. The van der Waals surface area contributed by atoms with E-state index in [4.69, 9.17) is 0 Å². The van der Waals surface area contributed by atoms with Crippen molar-refractivity contribution in [3.8, 4) is 0 Å². The van der Waals surface area contributed by atoms with Crippen LogP contribution in [0.25, 0.3) is 0 Å². The van der Waals surface area contributed by atoms with Gasteiger partial charge in [-0.05, 0) is 58.7 Å². The molecular formula is C13H14Br2F2. The zero-order chi connectivity index (χ0) is 12.6. The minimum atomic E-state index is -0.460. The molecule has 0 saturated heterocycles. The first-order valence-electron chi connectivity index (χ1n) is 5.66. The minimum absolute atomic E-state index is 0.0531. The SMILES string of the molecule is CC(CBr)(Cc1c(F)ccc(Br)c1F)C1CC1. The van der Waals surface area contributed by atoms with Crippen molar-refractivity contribution in [1.82, 2.24) is 0 Å². The Hall–Kier alpha value is 0.0400. The molecule has 1 aromatic rings. The van der Waals surface area contributed by atoms with Gasteiger partial charge in [0, 0.05) is 10.9 Å². The molecule has 17 heavy (non-hydrogen) atoms. The van der Waals surface area contributed by atoms with Gasteiger partial charge in [0.1, 0.15) is 11.6 Å². The molecule has 0 amide bonds. The normalized spacial score (nSPS) is 19.1. The van der Waals surface area contributed by atoms with Gasteiger partial charge >= 0.3 is 0 Å². The van der Waals surface area contributed by atoms with Gasteiger partial charge in [-0.2, -0.15) is 0 Å². The number of benzene rings is 1. The standard InChI is InChI=1S/C13H14Br2F2/c1-13(7-14,8-2-3-8)6-9-11(16)5-4-10(15)12(9)17/h4-5,8H,2-3,6-7H2,1H3. The Labute approximate surface area is 117 Å². The van der Waals surface area contributed by atoms with Gasteiger partial charge in [0.05, 0.1) is 4.47 Å². The van der Waals surface area contributed by atoms with E-state index in [2.05, 4.69) is 38.8 Å². The lowest BCUT2D eigenvalue weighted by Gasteiger charge is -2.28. The van der Waals surface area contributed by atoms with Crippen molar-refractivity contribution in [3.05, 3.63) is 33.8 Å². The maximum atomic E-state index is 13.9. The minimum Gasteiger partial charge on any atom is -0.207 e. The predicted octanol–water partition coefficient (Wildman–Crippen LogP) is 5.08. The predicted molar refractivity (Wildman–Crippen MR) is 72.4 cm³/mol. The van der Waals surface area contributed by atoms with Crippen LogP contribution in [0.5, 0.6) is 0 Å².